The van der Waals surface area contributed by atoms with Gasteiger partial charge in [0.05, 0.1) is 0 Å². The molecule has 0 spiro atoms. The first-order valence-corrected chi connectivity index (χ1v) is 13.7. The van der Waals surface area contributed by atoms with E-state index in [4.69, 9.17) is 0 Å². The first-order valence-electron chi connectivity index (χ1n) is 8.95. The molecule has 0 aliphatic carbocycles. The Morgan fingerprint density at radius 3 is 2.07 bits per heavy atom. The van der Waals surface area contributed by atoms with Crippen LogP contribution in [0.4, 0.5) is 0 Å². The normalized spacial score (nSPS) is 17.0. The fourth-order valence-corrected chi connectivity index (χ4v) is 4.36. The Hall–Kier alpha value is -0.321. The first kappa shape index (κ1) is 29.7. The third kappa shape index (κ3) is 9.44. The Kier molecular flexibility index (Phi) is 15.3. The number of hydrogen-bond acceptors (Lipinski definition) is 9. The van der Waals surface area contributed by atoms with E-state index in [1.54, 1.807) is 35.8 Å². The van der Waals surface area contributed by atoms with Crippen LogP contribution in [0.3, 0.4) is 0 Å². The van der Waals surface area contributed by atoms with Crippen LogP contribution < -0.4 is 4.72 Å². The van der Waals surface area contributed by atoms with E-state index in [2.05, 4.69) is 93.8 Å². The zero-order valence-corrected chi connectivity index (χ0v) is 23.5. The minimum Gasteiger partial charge on any atom is -0.634 e. The predicted octanol–water partition coefficient (Wildman–Crippen LogP) is 6.35. The summed E-state index contributed by atoms with van der Waals surface area (Å²) < 4.78 is 11.7. The van der Waals surface area contributed by atoms with E-state index in [0.717, 1.165) is 11.4 Å². The third-order valence-corrected chi connectivity index (χ3v) is 6.49. The molecule has 0 aromatic rings. The van der Waals surface area contributed by atoms with Crippen molar-refractivity contribution in [2.24, 2.45) is 0 Å². The third-order valence-electron chi connectivity index (χ3n) is 3.95. The SMILES string of the molecule is CSN/C(C)=C\N1C=C(C)N(SC)[CH-]1.CS[N-]/C(C)=C\N1[CH-]N(SC)C(C)=C1C.[Fe+3]. The van der Waals surface area contributed by atoms with Crippen LogP contribution in [-0.2, 0) is 17.1 Å². The molecule has 0 atom stereocenters. The second-order valence-corrected chi connectivity index (χ2v) is 8.88. The van der Waals surface area contributed by atoms with Crippen molar-refractivity contribution in [2.45, 2.75) is 34.6 Å². The van der Waals surface area contributed by atoms with Gasteiger partial charge in [-0.05, 0) is 65.1 Å². The fourth-order valence-electron chi connectivity index (χ4n) is 2.51. The van der Waals surface area contributed by atoms with Crippen molar-refractivity contribution in [2.75, 3.05) is 25.0 Å². The van der Waals surface area contributed by atoms with Crippen molar-refractivity contribution >= 4 is 47.8 Å². The number of allylic oxidation sites excluding steroid dienone is 5. The van der Waals surface area contributed by atoms with Gasteiger partial charge in [0, 0.05) is 29.0 Å². The van der Waals surface area contributed by atoms with Crippen LogP contribution in [0.15, 0.2) is 47.1 Å². The van der Waals surface area contributed by atoms with E-state index in [9.17, 15) is 0 Å². The molecule has 1 radical (unpaired) electrons. The molecule has 1 N–H and O–H groups in total. The summed E-state index contributed by atoms with van der Waals surface area (Å²) in [6, 6.07) is 0. The van der Waals surface area contributed by atoms with Gasteiger partial charge in [0.15, 0.2) is 0 Å². The topological polar surface area (TPSA) is 39.1 Å². The van der Waals surface area contributed by atoms with Crippen molar-refractivity contribution in [3.8, 4) is 0 Å². The van der Waals surface area contributed by atoms with E-state index in [1.807, 2.05) is 25.6 Å². The summed E-state index contributed by atoms with van der Waals surface area (Å²) in [5.74, 6) is 0. The van der Waals surface area contributed by atoms with Crippen molar-refractivity contribution in [3.63, 3.8) is 0 Å². The number of rotatable bonds is 8. The summed E-state index contributed by atoms with van der Waals surface area (Å²) in [7, 11) is 0. The van der Waals surface area contributed by atoms with Gasteiger partial charge in [0.2, 0.25) is 0 Å². The quantitative estimate of drug-likeness (QED) is 0.220. The monoisotopic (exact) mass is 529 g/mol. The molecular weight excluding hydrogens is 496 g/mol. The van der Waals surface area contributed by atoms with Gasteiger partial charge >= 0.3 is 17.1 Å². The second-order valence-electron chi connectivity index (χ2n) is 6.21. The van der Waals surface area contributed by atoms with Crippen molar-refractivity contribution < 1.29 is 17.1 Å². The summed E-state index contributed by atoms with van der Waals surface area (Å²) in [5, 5.41) is 0. The molecule has 0 aromatic carbocycles. The van der Waals surface area contributed by atoms with Crippen molar-refractivity contribution in [1.82, 2.24) is 23.1 Å². The molecule has 2 aliphatic heterocycles. The Balaban J connectivity index is 0.000000544. The maximum Gasteiger partial charge on any atom is 3.00 e. The van der Waals surface area contributed by atoms with Gasteiger partial charge in [0.25, 0.3) is 0 Å². The van der Waals surface area contributed by atoms with E-state index in [0.29, 0.717) is 0 Å². The van der Waals surface area contributed by atoms with Crippen LogP contribution in [0.2, 0.25) is 0 Å². The summed E-state index contributed by atoms with van der Waals surface area (Å²) in [6.07, 6.45) is 14.3. The molecule has 0 saturated carbocycles. The molecule has 2 aliphatic rings. The van der Waals surface area contributed by atoms with Gasteiger partial charge in [-0.1, -0.05) is 42.8 Å². The first-order chi connectivity index (χ1) is 13.8. The Morgan fingerprint density at radius 1 is 0.967 bits per heavy atom. The standard InChI is InChI=1S/C10H17N3S2.C9H16N3S2.Fe/c1-8(11-14-4)6-12-7-13(15-5)10(3)9(12)2;1-8(10-13-3)5-11-6-9(2)12(7-11)14-4;/h6-7H,1-5H3;5-7,10H,1-4H3;/q-2;-1;+3/b8-6-;8-5-;. The molecule has 2 rings (SSSR count). The number of nitrogens with one attached hydrogen (secondary N) is 1. The van der Waals surface area contributed by atoms with Crippen LogP contribution in [0.25, 0.3) is 4.72 Å². The maximum atomic E-state index is 4.27. The largest absolute Gasteiger partial charge is 3.00 e. The van der Waals surface area contributed by atoms with E-state index >= 15 is 0 Å². The van der Waals surface area contributed by atoms with E-state index in [1.165, 1.54) is 29.0 Å². The zero-order chi connectivity index (χ0) is 22.0. The van der Waals surface area contributed by atoms with Gasteiger partial charge in [0.1, 0.15) is 0 Å². The molecule has 30 heavy (non-hydrogen) atoms. The van der Waals surface area contributed by atoms with Gasteiger partial charge in [-0.15, -0.1) is 19.0 Å². The average Bonchev–Trinajstić information content (AvgIpc) is 3.16. The average molecular weight is 530 g/mol. The molecule has 171 valence electrons. The van der Waals surface area contributed by atoms with Gasteiger partial charge in [-0.2, -0.15) is 0 Å². The van der Waals surface area contributed by atoms with Crippen molar-refractivity contribution in [1.29, 1.82) is 0 Å². The van der Waals surface area contributed by atoms with Crippen LogP contribution in [0.5, 0.6) is 0 Å². The van der Waals surface area contributed by atoms with E-state index < -0.39 is 0 Å². The summed E-state index contributed by atoms with van der Waals surface area (Å²) in [5.41, 5.74) is 5.93. The Bertz CT molecular complexity index is 653. The van der Waals surface area contributed by atoms with Crippen LogP contribution in [0.1, 0.15) is 34.6 Å². The van der Waals surface area contributed by atoms with Gasteiger partial charge < -0.3 is 27.9 Å². The second kappa shape index (κ2) is 15.5. The smallest absolute Gasteiger partial charge is 0.634 e. The molecule has 6 nitrogen and oxygen atoms in total. The molecule has 0 fully saturated rings. The molecule has 0 amide bonds. The number of hydrogen-bond donors (Lipinski definition) is 1. The van der Waals surface area contributed by atoms with Crippen molar-refractivity contribution in [3.05, 3.63) is 65.1 Å². The van der Waals surface area contributed by atoms with Crippen LogP contribution in [-0.4, -0.2) is 43.4 Å². The summed E-state index contributed by atoms with van der Waals surface area (Å²) in [4.78, 5) is 4.17. The zero-order valence-electron chi connectivity index (χ0n) is 19.1. The minimum absolute atomic E-state index is 0. The Morgan fingerprint density at radius 2 is 1.60 bits per heavy atom. The molecule has 2 heterocycles. The van der Waals surface area contributed by atoms with Crippen LogP contribution >= 0.6 is 47.8 Å². The van der Waals surface area contributed by atoms with E-state index in [-0.39, 0.29) is 17.1 Å². The maximum absolute atomic E-state index is 4.27. The molecule has 0 saturated heterocycles. The fraction of sp³-hybridized carbons (Fsp3) is 0.474. The summed E-state index contributed by atoms with van der Waals surface area (Å²) >= 11 is 6.48. The minimum atomic E-state index is 0. The molecule has 0 aromatic heterocycles. The number of nitrogens with zero attached hydrogens (tertiary/aromatic N) is 5. The molecular formula is C19H33FeN6S4. The molecule has 11 heteroatoms. The Labute approximate surface area is 211 Å². The van der Waals surface area contributed by atoms with Gasteiger partial charge in [-0.25, -0.2) is 0 Å². The van der Waals surface area contributed by atoms with Crippen LogP contribution in [0, 0.1) is 13.3 Å². The van der Waals surface area contributed by atoms with Gasteiger partial charge in [-0.3, -0.25) is 11.9 Å². The molecule has 0 bridgehead atoms. The predicted molar refractivity (Wildman–Crippen MR) is 136 cm³/mol. The molecule has 0 unspecified atom stereocenters. The summed E-state index contributed by atoms with van der Waals surface area (Å²) in [6.45, 7) is 14.5.